The summed E-state index contributed by atoms with van der Waals surface area (Å²) in [5.41, 5.74) is 5.14. The normalized spacial score (nSPS) is 19.8. The van der Waals surface area contributed by atoms with Crippen molar-refractivity contribution in [1.29, 1.82) is 0 Å². The molecule has 0 bridgehead atoms. The molecule has 10 heteroatoms. The highest BCUT2D eigenvalue weighted by atomic mass is 32.2. The van der Waals surface area contributed by atoms with Crippen LogP contribution in [0.25, 0.3) is 16.6 Å². The van der Waals surface area contributed by atoms with Crippen LogP contribution in [0.2, 0.25) is 0 Å². The number of benzene rings is 3. The first-order chi connectivity index (χ1) is 19.4. The third-order valence-electron chi connectivity index (χ3n) is 7.99. The van der Waals surface area contributed by atoms with Crippen molar-refractivity contribution in [3.8, 4) is 5.69 Å². The number of nitrogens with zero attached hydrogens (tertiary/aromatic N) is 5. The van der Waals surface area contributed by atoms with Gasteiger partial charge in [0.15, 0.2) is 0 Å². The SMILES string of the molecule is Cc1cc2c(cnn2-c2ccc(F)cc2)cc1[C@@H]1CN(S(=O)(=O)N2CCOCC2)CCN1CCc1ccccc1. The molecule has 0 N–H and O–H groups in total. The molecule has 3 aromatic carbocycles. The summed E-state index contributed by atoms with van der Waals surface area (Å²) in [6, 6.07) is 20.8. The Morgan fingerprint density at radius 2 is 1.70 bits per heavy atom. The Morgan fingerprint density at radius 1 is 0.950 bits per heavy atom. The van der Waals surface area contributed by atoms with Crippen LogP contribution in [0.5, 0.6) is 0 Å². The Bertz CT molecular complexity index is 1570. The van der Waals surface area contributed by atoms with E-state index in [0.717, 1.165) is 40.7 Å². The maximum absolute atomic E-state index is 13.6. The Hall–Kier alpha value is -3.15. The summed E-state index contributed by atoms with van der Waals surface area (Å²) < 4.78 is 51.2. The Kier molecular flexibility index (Phi) is 7.69. The molecule has 40 heavy (non-hydrogen) atoms. The van der Waals surface area contributed by atoms with E-state index < -0.39 is 10.2 Å². The summed E-state index contributed by atoms with van der Waals surface area (Å²) >= 11 is 0. The fourth-order valence-electron chi connectivity index (χ4n) is 5.77. The third-order valence-corrected chi connectivity index (χ3v) is 10.00. The molecule has 0 aliphatic carbocycles. The number of rotatable bonds is 7. The van der Waals surface area contributed by atoms with Gasteiger partial charge in [0.05, 0.1) is 30.6 Å². The van der Waals surface area contributed by atoms with E-state index >= 15 is 0 Å². The van der Waals surface area contributed by atoms with E-state index in [1.807, 2.05) is 16.9 Å². The molecule has 3 heterocycles. The van der Waals surface area contributed by atoms with Crippen molar-refractivity contribution in [1.82, 2.24) is 23.3 Å². The molecular weight excluding hydrogens is 529 g/mol. The van der Waals surface area contributed by atoms with E-state index in [0.29, 0.717) is 45.9 Å². The van der Waals surface area contributed by atoms with Crippen LogP contribution in [0.4, 0.5) is 4.39 Å². The summed E-state index contributed by atoms with van der Waals surface area (Å²) in [5, 5.41) is 5.55. The van der Waals surface area contributed by atoms with E-state index in [2.05, 4.69) is 53.3 Å². The molecule has 4 aromatic rings. The van der Waals surface area contributed by atoms with Gasteiger partial charge >= 0.3 is 0 Å². The quantitative estimate of drug-likeness (QED) is 0.341. The van der Waals surface area contributed by atoms with Crippen LogP contribution in [0.15, 0.2) is 72.9 Å². The minimum atomic E-state index is -3.59. The monoisotopic (exact) mass is 563 g/mol. The Morgan fingerprint density at radius 3 is 2.45 bits per heavy atom. The molecule has 2 aliphatic heterocycles. The van der Waals surface area contributed by atoms with Gasteiger partial charge in [-0.05, 0) is 66.4 Å². The molecule has 2 aliphatic rings. The molecule has 6 rings (SSSR count). The maximum atomic E-state index is 13.6. The summed E-state index contributed by atoms with van der Waals surface area (Å²) in [5.74, 6) is -0.289. The van der Waals surface area contributed by atoms with E-state index in [1.165, 1.54) is 17.7 Å². The molecule has 0 amide bonds. The minimum Gasteiger partial charge on any atom is -0.379 e. The lowest BCUT2D eigenvalue weighted by molar-refractivity contribution is 0.0651. The van der Waals surface area contributed by atoms with Crippen LogP contribution in [0.1, 0.15) is 22.7 Å². The molecule has 8 nitrogen and oxygen atoms in total. The summed E-state index contributed by atoms with van der Waals surface area (Å²) in [6.45, 7) is 5.99. The van der Waals surface area contributed by atoms with Gasteiger partial charge in [0.2, 0.25) is 0 Å². The van der Waals surface area contributed by atoms with Gasteiger partial charge in [-0.3, -0.25) is 4.90 Å². The molecule has 0 spiro atoms. The molecule has 2 fully saturated rings. The average molecular weight is 564 g/mol. The number of fused-ring (bicyclic) bond motifs is 1. The molecule has 0 saturated carbocycles. The van der Waals surface area contributed by atoms with Gasteiger partial charge in [0, 0.05) is 50.7 Å². The Labute approximate surface area is 234 Å². The van der Waals surface area contributed by atoms with Crippen LogP contribution in [-0.2, 0) is 21.4 Å². The molecule has 0 radical (unpaired) electrons. The number of piperazine rings is 1. The van der Waals surface area contributed by atoms with Gasteiger partial charge in [-0.15, -0.1) is 0 Å². The van der Waals surface area contributed by atoms with Gasteiger partial charge in [-0.25, -0.2) is 9.07 Å². The minimum absolute atomic E-state index is 0.105. The molecule has 1 atom stereocenters. The zero-order valence-corrected chi connectivity index (χ0v) is 23.4. The van der Waals surface area contributed by atoms with Crippen LogP contribution in [-0.4, -0.2) is 84.2 Å². The van der Waals surface area contributed by atoms with Crippen molar-refractivity contribution < 1.29 is 17.5 Å². The van der Waals surface area contributed by atoms with Gasteiger partial charge in [-0.1, -0.05) is 30.3 Å². The van der Waals surface area contributed by atoms with Crippen molar-refractivity contribution in [2.75, 3.05) is 52.5 Å². The largest absolute Gasteiger partial charge is 0.379 e. The zero-order chi connectivity index (χ0) is 27.7. The number of hydrogen-bond acceptors (Lipinski definition) is 5. The van der Waals surface area contributed by atoms with Crippen molar-refractivity contribution in [3.63, 3.8) is 0 Å². The fourth-order valence-corrected chi connectivity index (χ4v) is 7.35. The zero-order valence-electron chi connectivity index (χ0n) is 22.6. The van der Waals surface area contributed by atoms with Gasteiger partial charge in [0.25, 0.3) is 10.2 Å². The first kappa shape index (κ1) is 27.0. The third kappa shape index (κ3) is 5.42. The predicted octanol–water partition coefficient (Wildman–Crippen LogP) is 3.95. The predicted molar refractivity (Wildman–Crippen MR) is 153 cm³/mol. The highest BCUT2D eigenvalue weighted by molar-refractivity contribution is 7.86. The molecule has 2 saturated heterocycles. The van der Waals surface area contributed by atoms with Crippen molar-refractivity contribution in [2.24, 2.45) is 0 Å². The average Bonchev–Trinajstić information content (AvgIpc) is 3.39. The molecule has 0 unspecified atom stereocenters. The number of ether oxygens (including phenoxy) is 1. The smallest absolute Gasteiger partial charge is 0.282 e. The lowest BCUT2D eigenvalue weighted by Gasteiger charge is -2.43. The first-order valence-corrected chi connectivity index (χ1v) is 15.1. The molecule has 1 aromatic heterocycles. The van der Waals surface area contributed by atoms with Gasteiger partial charge in [0.1, 0.15) is 5.82 Å². The van der Waals surface area contributed by atoms with E-state index in [-0.39, 0.29) is 11.9 Å². The maximum Gasteiger partial charge on any atom is 0.282 e. The van der Waals surface area contributed by atoms with Gasteiger partial charge in [-0.2, -0.15) is 22.1 Å². The van der Waals surface area contributed by atoms with Crippen LogP contribution < -0.4 is 0 Å². The van der Waals surface area contributed by atoms with Crippen LogP contribution in [0, 0.1) is 12.7 Å². The lowest BCUT2D eigenvalue weighted by Crippen LogP contribution is -2.56. The number of halogens is 1. The Balaban J connectivity index is 1.33. The van der Waals surface area contributed by atoms with Crippen molar-refractivity contribution >= 4 is 21.1 Å². The second-order valence-electron chi connectivity index (χ2n) is 10.5. The lowest BCUT2D eigenvalue weighted by atomic mass is 9.96. The highest BCUT2D eigenvalue weighted by Crippen LogP contribution is 2.33. The fraction of sp³-hybridized carbons (Fsp3) is 0.367. The summed E-state index contributed by atoms with van der Waals surface area (Å²) in [6.07, 6.45) is 2.71. The van der Waals surface area contributed by atoms with Crippen molar-refractivity contribution in [2.45, 2.75) is 19.4 Å². The number of aryl methyl sites for hydroxylation is 1. The number of morpholine rings is 1. The topological polar surface area (TPSA) is 70.9 Å². The second kappa shape index (κ2) is 11.4. The van der Waals surface area contributed by atoms with Gasteiger partial charge < -0.3 is 4.74 Å². The number of hydrogen-bond donors (Lipinski definition) is 0. The molecule has 210 valence electrons. The van der Waals surface area contributed by atoms with Crippen molar-refractivity contribution in [3.05, 3.63) is 95.4 Å². The standard InChI is InChI=1S/C30H34FN5O3S/c1-23-19-29-25(21-32-36(29)27-9-7-26(31)8-10-27)20-28(23)30-22-35(40(37,38)34-15-17-39-18-16-34)14-13-33(30)12-11-24-5-3-2-4-6-24/h2-10,19-21,30H,11-18,22H2,1H3/t30-/m0/s1. The second-order valence-corrected chi connectivity index (χ2v) is 12.4. The van der Waals surface area contributed by atoms with E-state index in [1.54, 1.807) is 20.7 Å². The van der Waals surface area contributed by atoms with E-state index in [9.17, 15) is 12.8 Å². The molecular formula is C30H34FN5O3S. The van der Waals surface area contributed by atoms with Crippen LogP contribution >= 0.6 is 0 Å². The first-order valence-electron chi connectivity index (χ1n) is 13.8. The van der Waals surface area contributed by atoms with Crippen LogP contribution in [0.3, 0.4) is 0 Å². The number of aromatic nitrogens is 2. The highest BCUT2D eigenvalue weighted by Gasteiger charge is 2.38. The summed E-state index contributed by atoms with van der Waals surface area (Å²) in [7, 11) is -3.59. The summed E-state index contributed by atoms with van der Waals surface area (Å²) in [4.78, 5) is 2.41. The van der Waals surface area contributed by atoms with E-state index in [4.69, 9.17) is 4.74 Å².